The maximum atomic E-state index is 12.5. The molecule has 0 bridgehead atoms. The summed E-state index contributed by atoms with van der Waals surface area (Å²) in [6.07, 6.45) is -4.50. The molecule has 1 aromatic carbocycles. The summed E-state index contributed by atoms with van der Waals surface area (Å²) in [5, 5.41) is 11.4. The zero-order chi connectivity index (χ0) is 14.6. The van der Waals surface area contributed by atoms with Crippen molar-refractivity contribution in [2.45, 2.75) is 6.18 Å². The molecule has 0 aliphatic carbocycles. The summed E-state index contributed by atoms with van der Waals surface area (Å²) >= 11 is 0. The Morgan fingerprint density at radius 2 is 2.05 bits per heavy atom. The number of alkyl halides is 3. The van der Waals surface area contributed by atoms with Gasteiger partial charge < -0.3 is 14.8 Å². The first-order valence-corrected chi connectivity index (χ1v) is 5.02. The molecule has 0 amide bonds. The Balaban J connectivity index is 3.13. The lowest BCUT2D eigenvalue weighted by Gasteiger charge is -2.19. The zero-order valence-electron chi connectivity index (χ0n) is 10.1. The first-order chi connectivity index (χ1) is 8.81. The summed E-state index contributed by atoms with van der Waals surface area (Å²) in [5.41, 5.74) is -0.841. The highest BCUT2D eigenvalue weighted by molar-refractivity contribution is 6.40. The third-order valence-corrected chi connectivity index (χ3v) is 2.34. The molecule has 0 aliphatic rings. The van der Waals surface area contributed by atoms with Crippen LogP contribution in [-0.4, -0.2) is 31.2 Å². The van der Waals surface area contributed by atoms with Crippen molar-refractivity contribution in [3.8, 4) is 0 Å². The number of amidine groups is 1. The maximum absolute atomic E-state index is 12.5. The lowest BCUT2D eigenvalue weighted by Crippen LogP contribution is -2.34. The highest BCUT2D eigenvalue weighted by Crippen LogP contribution is 2.31. The molecule has 1 N–H and O–H groups in total. The molecule has 0 heterocycles. The van der Waals surface area contributed by atoms with Crippen LogP contribution in [0.1, 0.15) is 5.56 Å². The van der Waals surface area contributed by atoms with Crippen molar-refractivity contribution in [3.63, 3.8) is 0 Å². The third kappa shape index (κ3) is 3.36. The second-order valence-electron chi connectivity index (χ2n) is 3.52. The lowest BCUT2D eigenvalue weighted by atomic mass is 10.2. The van der Waals surface area contributed by atoms with Crippen LogP contribution < -0.4 is 4.90 Å². The third-order valence-electron chi connectivity index (χ3n) is 2.34. The number of rotatable bonds is 1. The first-order valence-electron chi connectivity index (χ1n) is 5.02. The molecule has 0 unspecified atom stereocenters. The number of carbonyl (C=O) groups excluding carboxylic acids is 1. The van der Waals surface area contributed by atoms with Gasteiger partial charge in [0.05, 0.1) is 12.7 Å². The predicted octanol–water partition coefficient (Wildman–Crippen LogP) is 2.10. The SMILES string of the molecule is COC(=O)C(=NO)N(C)c1cccc(C(F)(F)F)c1. The van der Waals surface area contributed by atoms with Gasteiger partial charge >= 0.3 is 12.1 Å². The van der Waals surface area contributed by atoms with E-state index in [0.29, 0.717) is 0 Å². The number of carbonyl (C=O) groups is 1. The molecule has 0 fully saturated rings. The number of benzene rings is 1. The smallest absolute Gasteiger partial charge is 0.416 e. The summed E-state index contributed by atoms with van der Waals surface area (Å²) < 4.78 is 42.0. The van der Waals surface area contributed by atoms with Gasteiger partial charge in [-0.3, -0.25) is 0 Å². The van der Waals surface area contributed by atoms with Crippen LogP contribution in [0.4, 0.5) is 18.9 Å². The average Bonchev–Trinajstić information content (AvgIpc) is 2.38. The molecule has 1 rings (SSSR count). The Morgan fingerprint density at radius 3 is 2.53 bits per heavy atom. The molecule has 8 heteroatoms. The summed E-state index contributed by atoms with van der Waals surface area (Å²) in [7, 11) is 2.34. The minimum absolute atomic E-state index is 0.0352. The fourth-order valence-corrected chi connectivity index (χ4v) is 1.35. The Hall–Kier alpha value is -2.25. The first kappa shape index (κ1) is 14.8. The van der Waals surface area contributed by atoms with Crippen LogP contribution >= 0.6 is 0 Å². The van der Waals surface area contributed by atoms with Gasteiger partial charge in [-0.1, -0.05) is 11.2 Å². The summed E-state index contributed by atoms with van der Waals surface area (Å²) in [5.74, 6) is -1.50. The van der Waals surface area contributed by atoms with Crippen molar-refractivity contribution in [1.82, 2.24) is 0 Å². The van der Waals surface area contributed by atoms with Crippen molar-refractivity contribution in [1.29, 1.82) is 0 Å². The molecule has 0 radical (unpaired) electrons. The molecule has 19 heavy (non-hydrogen) atoms. The Labute approximate surface area is 106 Å². The molecular weight excluding hydrogens is 265 g/mol. The largest absolute Gasteiger partial charge is 0.463 e. The molecule has 0 aromatic heterocycles. The quantitative estimate of drug-likeness (QED) is 0.280. The number of methoxy groups -OCH3 is 1. The van der Waals surface area contributed by atoms with Crippen LogP contribution in [0.3, 0.4) is 0 Å². The molecule has 0 saturated carbocycles. The van der Waals surface area contributed by atoms with Gasteiger partial charge in [-0.05, 0) is 18.2 Å². The maximum Gasteiger partial charge on any atom is 0.416 e. The number of hydrogen-bond acceptors (Lipinski definition) is 4. The van der Waals surface area contributed by atoms with Crippen molar-refractivity contribution < 1.29 is 27.9 Å². The summed E-state index contributed by atoms with van der Waals surface area (Å²) in [6.45, 7) is 0. The number of anilines is 1. The number of likely N-dealkylation sites (N-methyl/N-ethyl adjacent to an activating group) is 1. The average molecular weight is 276 g/mol. The van der Waals surface area contributed by atoms with Crippen molar-refractivity contribution >= 4 is 17.5 Å². The minimum Gasteiger partial charge on any atom is -0.463 e. The van der Waals surface area contributed by atoms with E-state index in [-0.39, 0.29) is 5.69 Å². The second kappa shape index (κ2) is 5.59. The standard InChI is InChI=1S/C11H11F3N2O3/c1-16(9(15-18)10(17)19-2)8-5-3-4-7(6-8)11(12,13)14/h3-6,18H,1-2H3. The van der Waals surface area contributed by atoms with Gasteiger partial charge in [0.25, 0.3) is 5.84 Å². The van der Waals surface area contributed by atoms with Gasteiger partial charge in [-0.2, -0.15) is 13.2 Å². The van der Waals surface area contributed by atoms with Crippen LogP contribution in [0.2, 0.25) is 0 Å². The summed E-state index contributed by atoms with van der Waals surface area (Å²) in [4.78, 5) is 12.2. The number of esters is 1. The van der Waals surface area contributed by atoms with Gasteiger partial charge in [-0.25, -0.2) is 4.79 Å². The Morgan fingerprint density at radius 1 is 1.42 bits per heavy atom. The fraction of sp³-hybridized carbons (Fsp3) is 0.273. The molecule has 5 nitrogen and oxygen atoms in total. The number of nitrogens with zero attached hydrogens (tertiary/aromatic N) is 2. The van der Waals surface area contributed by atoms with Crippen molar-refractivity contribution in [3.05, 3.63) is 29.8 Å². The highest BCUT2D eigenvalue weighted by atomic mass is 19.4. The van der Waals surface area contributed by atoms with Crippen LogP contribution in [0, 0.1) is 0 Å². The van der Waals surface area contributed by atoms with Crippen molar-refractivity contribution in [2.75, 3.05) is 19.1 Å². The van der Waals surface area contributed by atoms with E-state index >= 15 is 0 Å². The van der Waals surface area contributed by atoms with Gasteiger partial charge in [0.1, 0.15) is 0 Å². The Kier molecular flexibility index (Phi) is 4.36. The second-order valence-corrected chi connectivity index (χ2v) is 3.52. The van der Waals surface area contributed by atoms with Crippen LogP contribution in [0.25, 0.3) is 0 Å². The van der Waals surface area contributed by atoms with Crippen molar-refractivity contribution in [2.24, 2.45) is 5.16 Å². The van der Waals surface area contributed by atoms with Crippen LogP contribution in [0.15, 0.2) is 29.4 Å². The topological polar surface area (TPSA) is 62.1 Å². The van der Waals surface area contributed by atoms with E-state index in [9.17, 15) is 18.0 Å². The molecule has 1 aromatic rings. The van der Waals surface area contributed by atoms with E-state index < -0.39 is 23.5 Å². The fourth-order valence-electron chi connectivity index (χ4n) is 1.35. The van der Waals surface area contributed by atoms with E-state index in [4.69, 9.17) is 5.21 Å². The number of ether oxygens (including phenoxy) is 1. The van der Waals surface area contributed by atoms with Crippen LogP contribution in [-0.2, 0) is 15.7 Å². The molecule has 104 valence electrons. The minimum atomic E-state index is -4.50. The molecule has 0 atom stereocenters. The Bertz CT molecular complexity index is 500. The molecule has 0 spiro atoms. The zero-order valence-corrected chi connectivity index (χ0v) is 10.1. The van der Waals surface area contributed by atoms with E-state index in [1.807, 2.05) is 0 Å². The normalized spacial score (nSPS) is 12.2. The number of hydrogen-bond donors (Lipinski definition) is 1. The molecular formula is C11H11F3N2O3. The number of oxime groups is 1. The predicted molar refractivity (Wildman–Crippen MR) is 61.1 cm³/mol. The monoisotopic (exact) mass is 276 g/mol. The lowest BCUT2D eigenvalue weighted by molar-refractivity contribution is -0.137. The van der Waals surface area contributed by atoms with Gasteiger partial charge in [0.15, 0.2) is 0 Å². The van der Waals surface area contributed by atoms with E-state index in [1.54, 1.807) is 0 Å². The summed E-state index contributed by atoms with van der Waals surface area (Å²) in [6, 6.07) is 4.24. The van der Waals surface area contributed by atoms with E-state index in [1.165, 1.54) is 19.2 Å². The van der Waals surface area contributed by atoms with Gasteiger partial charge in [-0.15, -0.1) is 0 Å². The molecule has 0 saturated heterocycles. The molecule has 0 aliphatic heterocycles. The number of halogens is 3. The van der Waals surface area contributed by atoms with Gasteiger partial charge in [0.2, 0.25) is 0 Å². The van der Waals surface area contributed by atoms with E-state index in [0.717, 1.165) is 24.1 Å². The van der Waals surface area contributed by atoms with Gasteiger partial charge in [0, 0.05) is 12.7 Å². The van der Waals surface area contributed by atoms with E-state index in [2.05, 4.69) is 9.89 Å². The van der Waals surface area contributed by atoms with Crippen LogP contribution in [0.5, 0.6) is 0 Å². The highest BCUT2D eigenvalue weighted by Gasteiger charge is 2.31.